The Bertz CT molecular complexity index is 1050. The van der Waals surface area contributed by atoms with Gasteiger partial charge in [0.15, 0.2) is 0 Å². The topological polar surface area (TPSA) is 127 Å². The third-order valence-corrected chi connectivity index (χ3v) is 6.84. The van der Waals surface area contributed by atoms with Crippen LogP contribution in [0.4, 0.5) is 0 Å². The Morgan fingerprint density at radius 2 is 1.35 bits per heavy atom. The van der Waals surface area contributed by atoms with Crippen molar-refractivity contribution in [3.63, 3.8) is 0 Å². The lowest BCUT2D eigenvalue weighted by Crippen LogP contribution is -2.39. The Morgan fingerprint density at radius 3 is 1.78 bits per heavy atom. The zero-order valence-corrected chi connectivity index (χ0v) is 24.0. The number of imide groups is 1. The van der Waals surface area contributed by atoms with Crippen LogP contribution >= 0.6 is 0 Å². The Morgan fingerprint density at radius 1 is 0.865 bits per heavy atom. The first-order chi connectivity index (χ1) is 17.7. The normalized spacial score (nSPS) is 12.8. The highest BCUT2D eigenvalue weighted by Gasteiger charge is 2.34. The Labute approximate surface area is 222 Å². The first kappa shape index (κ1) is 34.1. The van der Waals surface area contributed by atoms with Gasteiger partial charge in [-0.25, -0.2) is 13.1 Å². The number of amides is 2. The summed E-state index contributed by atoms with van der Waals surface area (Å²) in [5.41, 5.74) is 6.36. The van der Waals surface area contributed by atoms with Crippen molar-refractivity contribution >= 4 is 28.1 Å². The van der Waals surface area contributed by atoms with E-state index < -0.39 is 16.1 Å². The van der Waals surface area contributed by atoms with E-state index in [1.165, 1.54) is 24.1 Å². The highest BCUT2D eigenvalue weighted by molar-refractivity contribution is 7.89. The minimum absolute atomic E-state index is 0.106. The quantitative estimate of drug-likeness (QED) is 0.264. The molecule has 37 heavy (non-hydrogen) atoms. The molecular weight excluding hydrogens is 490 g/mol. The zero-order chi connectivity index (χ0) is 28.6. The molecule has 1 heterocycles. The van der Waals surface area contributed by atoms with E-state index in [9.17, 15) is 22.8 Å². The van der Waals surface area contributed by atoms with Crippen molar-refractivity contribution in [2.45, 2.75) is 71.7 Å². The number of fused-ring (bicyclic) bond motifs is 1. The minimum atomic E-state index is -3.77. The molecule has 0 aliphatic carbocycles. The Kier molecular flexibility index (Phi) is 16.2. The number of nitrogens with one attached hydrogen (secondary N) is 1. The predicted octanol–water partition coefficient (Wildman–Crippen LogP) is 4.43. The second-order valence-electron chi connectivity index (χ2n) is 7.94. The fourth-order valence-corrected chi connectivity index (χ4v) is 4.76. The van der Waals surface area contributed by atoms with Gasteiger partial charge in [-0.05, 0) is 62.1 Å². The number of rotatable bonds is 10. The first-order valence-electron chi connectivity index (χ1n) is 12.8. The van der Waals surface area contributed by atoms with Gasteiger partial charge in [-0.2, -0.15) is 0 Å². The summed E-state index contributed by atoms with van der Waals surface area (Å²) in [6, 6.07) is 12.6. The molecular formula is C28H43N3O5S. The number of sulfonamides is 1. The van der Waals surface area contributed by atoms with Gasteiger partial charge in [0.25, 0.3) is 11.8 Å². The fraction of sp³-hybridized carbons (Fsp3) is 0.464. The molecule has 3 rings (SSSR count). The summed E-state index contributed by atoms with van der Waals surface area (Å²) >= 11 is 0. The number of hydrogen-bond acceptors (Lipinski definition) is 6. The molecule has 0 spiro atoms. The molecule has 0 fully saturated rings. The number of nitrogens with zero attached hydrogens (tertiary/aromatic N) is 1. The fourth-order valence-electron chi connectivity index (χ4n) is 3.44. The lowest BCUT2D eigenvalue weighted by Gasteiger charge is -2.16. The minimum Gasteiger partial charge on any atom is -0.333 e. The van der Waals surface area contributed by atoms with Gasteiger partial charge < -0.3 is 10.5 Å². The molecule has 1 aliphatic rings. The van der Waals surface area contributed by atoms with Gasteiger partial charge in [-0.3, -0.25) is 14.5 Å². The Hall–Kier alpha value is -2.88. The summed E-state index contributed by atoms with van der Waals surface area (Å²) in [6.45, 7) is 11.9. The third-order valence-electron chi connectivity index (χ3n) is 5.37. The van der Waals surface area contributed by atoms with Gasteiger partial charge >= 0.3 is 0 Å². The molecule has 9 heteroatoms. The van der Waals surface area contributed by atoms with Gasteiger partial charge in [0, 0.05) is 6.54 Å². The number of nitrogens with two attached hydrogens (primary N) is 1. The summed E-state index contributed by atoms with van der Waals surface area (Å²) in [5, 5.41) is 0. The van der Waals surface area contributed by atoms with E-state index in [4.69, 9.17) is 0 Å². The number of aryl methyl sites for hydroxylation is 1. The van der Waals surface area contributed by atoms with Crippen molar-refractivity contribution in [3.05, 3.63) is 65.2 Å². The van der Waals surface area contributed by atoms with Crippen LogP contribution in [0.1, 0.15) is 80.7 Å². The van der Waals surface area contributed by atoms with Crippen LogP contribution < -0.4 is 10.5 Å². The molecule has 3 N–H and O–H groups in total. The summed E-state index contributed by atoms with van der Waals surface area (Å²) in [6.07, 6.45) is 2.70. The van der Waals surface area contributed by atoms with Gasteiger partial charge in [0.05, 0.1) is 22.1 Å². The first-order valence-corrected chi connectivity index (χ1v) is 14.3. The van der Waals surface area contributed by atoms with Crippen molar-refractivity contribution in [3.8, 4) is 0 Å². The van der Waals surface area contributed by atoms with E-state index in [0.717, 1.165) is 12.0 Å². The second-order valence-corrected chi connectivity index (χ2v) is 9.65. The highest BCUT2D eigenvalue weighted by Crippen LogP contribution is 2.23. The van der Waals surface area contributed by atoms with E-state index in [-0.39, 0.29) is 22.6 Å². The lowest BCUT2D eigenvalue weighted by atomic mass is 10.1. The molecule has 2 amide bonds. The van der Waals surface area contributed by atoms with Crippen LogP contribution in [0, 0.1) is 5.92 Å². The van der Waals surface area contributed by atoms with Crippen LogP contribution in [0.2, 0.25) is 0 Å². The maximum absolute atomic E-state index is 12.4. The summed E-state index contributed by atoms with van der Waals surface area (Å²) in [7, 11) is -2.27. The molecule has 8 nitrogen and oxygen atoms in total. The number of carbonyl (C=O) groups is 3. The van der Waals surface area contributed by atoms with Gasteiger partial charge in [0.2, 0.25) is 10.0 Å². The predicted molar refractivity (Wildman–Crippen MR) is 149 cm³/mol. The number of unbranched alkanes of at least 4 members (excludes halogenated alkanes) is 1. The Balaban J connectivity index is 0.00000201. The zero-order valence-electron chi connectivity index (χ0n) is 23.2. The molecule has 0 aromatic heterocycles. The third kappa shape index (κ3) is 9.50. The van der Waals surface area contributed by atoms with Gasteiger partial charge in [-0.15, -0.1) is 0 Å². The van der Waals surface area contributed by atoms with Crippen molar-refractivity contribution in [1.29, 1.82) is 0 Å². The molecule has 206 valence electrons. The molecule has 2 aromatic rings. The SMILES string of the molecule is CC.CC.CC(C)C(C=O)NS(=O)(=O)c1ccc(CCCCN2C(=O)c3ccccc3C2=O)cc1.CN. The van der Waals surface area contributed by atoms with Gasteiger partial charge in [-0.1, -0.05) is 65.8 Å². The number of hydrogen-bond donors (Lipinski definition) is 2. The molecule has 0 bridgehead atoms. The van der Waals surface area contributed by atoms with Gasteiger partial charge in [0.1, 0.15) is 6.29 Å². The average molecular weight is 534 g/mol. The lowest BCUT2D eigenvalue weighted by molar-refractivity contribution is -0.110. The monoisotopic (exact) mass is 533 g/mol. The van der Waals surface area contributed by atoms with E-state index in [0.29, 0.717) is 36.8 Å². The summed E-state index contributed by atoms with van der Waals surface area (Å²) in [5.74, 6) is -0.649. The van der Waals surface area contributed by atoms with Crippen LogP contribution in [0.25, 0.3) is 0 Å². The molecule has 1 unspecified atom stereocenters. The molecule has 0 saturated carbocycles. The van der Waals surface area contributed by atoms with Crippen molar-refractivity contribution in [1.82, 2.24) is 9.62 Å². The number of carbonyl (C=O) groups excluding carboxylic acids is 3. The maximum Gasteiger partial charge on any atom is 0.261 e. The number of aldehydes is 1. The second kappa shape index (κ2) is 17.6. The molecule has 0 radical (unpaired) electrons. The standard InChI is InChI=1S/C23H26N2O5S.2C2H6.CH5N/c1-16(2)21(15-26)24-31(29,30)18-12-10-17(11-13-18)7-5-6-14-25-22(27)19-8-3-4-9-20(19)23(25)28;3*1-2/h3-4,8-13,15-16,21,24H,5-7,14H2,1-2H3;2*1-2H3;2H2,1H3. The highest BCUT2D eigenvalue weighted by atomic mass is 32.2. The van der Waals surface area contributed by atoms with E-state index in [1.54, 1.807) is 50.2 Å². The van der Waals surface area contributed by atoms with Crippen LogP contribution in [0.15, 0.2) is 53.4 Å². The van der Waals surface area contributed by atoms with Crippen LogP contribution in [0.5, 0.6) is 0 Å². The van der Waals surface area contributed by atoms with E-state index in [1.807, 2.05) is 27.7 Å². The van der Waals surface area contributed by atoms with Crippen LogP contribution in [-0.2, 0) is 21.2 Å². The van der Waals surface area contributed by atoms with Crippen molar-refractivity contribution in [2.24, 2.45) is 11.7 Å². The molecule has 1 aliphatic heterocycles. The summed E-state index contributed by atoms with van der Waals surface area (Å²) < 4.78 is 27.3. The maximum atomic E-state index is 12.4. The van der Waals surface area contributed by atoms with E-state index in [2.05, 4.69) is 10.5 Å². The molecule has 1 atom stereocenters. The van der Waals surface area contributed by atoms with Crippen molar-refractivity contribution in [2.75, 3.05) is 13.6 Å². The molecule has 2 aromatic carbocycles. The van der Waals surface area contributed by atoms with Crippen LogP contribution in [0.3, 0.4) is 0 Å². The van der Waals surface area contributed by atoms with Crippen molar-refractivity contribution < 1.29 is 22.8 Å². The van der Waals surface area contributed by atoms with Crippen LogP contribution in [-0.4, -0.2) is 51.1 Å². The largest absolute Gasteiger partial charge is 0.333 e. The number of benzene rings is 2. The average Bonchev–Trinajstić information content (AvgIpc) is 3.18. The molecule has 0 saturated heterocycles. The van der Waals surface area contributed by atoms with E-state index >= 15 is 0 Å². The smallest absolute Gasteiger partial charge is 0.261 e. The summed E-state index contributed by atoms with van der Waals surface area (Å²) in [4.78, 5) is 37.2.